The van der Waals surface area contributed by atoms with Crippen LogP contribution in [0, 0.1) is 5.82 Å². The van der Waals surface area contributed by atoms with Crippen LogP contribution in [0.1, 0.15) is 16.1 Å². The van der Waals surface area contributed by atoms with Crippen LogP contribution < -0.4 is 14.8 Å². The van der Waals surface area contributed by atoms with Gasteiger partial charge < -0.3 is 14.8 Å². The predicted molar refractivity (Wildman–Crippen MR) is 103 cm³/mol. The van der Waals surface area contributed by atoms with Crippen molar-refractivity contribution in [2.75, 3.05) is 20.8 Å². The third-order valence-electron chi connectivity index (χ3n) is 3.98. The topological polar surface area (TPSA) is 60.5 Å². The molecular formula is C20H19FN2O3S. The van der Waals surface area contributed by atoms with Gasteiger partial charge in [-0.15, -0.1) is 11.3 Å². The molecule has 0 radical (unpaired) electrons. The molecule has 7 heteroatoms. The second-order valence-corrected chi connectivity index (χ2v) is 6.60. The van der Waals surface area contributed by atoms with E-state index in [9.17, 15) is 9.18 Å². The number of hydrogen-bond donors (Lipinski definition) is 1. The van der Waals surface area contributed by atoms with Gasteiger partial charge in [0.2, 0.25) is 0 Å². The van der Waals surface area contributed by atoms with Crippen molar-refractivity contribution in [3.05, 3.63) is 64.9 Å². The first-order valence-electron chi connectivity index (χ1n) is 8.31. The van der Waals surface area contributed by atoms with Crippen LogP contribution in [0.2, 0.25) is 0 Å². The number of rotatable bonds is 7. The van der Waals surface area contributed by atoms with E-state index in [1.165, 1.54) is 23.5 Å². The Morgan fingerprint density at radius 3 is 2.56 bits per heavy atom. The molecule has 0 unspecified atom stereocenters. The lowest BCUT2D eigenvalue weighted by atomic mass is 10.1. The van der Waals surface area contributed by atoms with Crippen molar-refractivity contribution in [1.82, 2.24) is 10.3 Å². The minimum absolute atomic E-state index is 0.236. The summed E-state index contributed by atoms with van der Waals surface area (Å²) in [4.78, 5) is 16.7. The number of hydrogen-bond acceptors (Lipinski definition) is 5. The molecule has 1 aromatic heterocycles. The van der Waals surface area contributed by atoms with Crippen molar-refractivity contribution < 1.29 is 18.7 Å². The van der Waals surface area contributed by atoms with Gasteiger partial charge in [-0.2, -0.15) is 0 Å². The molecule has 0 saturated carbocycles. The highest BCUT2D eigenvalue weighted by atomic mass is 32.1. The fourth-order valence-corrected chi connectivity index (χ4v) is 3.34. The average molecular weight is 386 g/mol. The Kier molecular flexibility index (Phi) is 6.03. The number of benzene rings is 2. The number of halogens is 1. The van der Waals surface area contributed by atoms with E-state index in [-0.39, 0.29) is 11.7 Å². The molecule has 27 heavy (non-hydrogen) atoms. The second-order valence-electron chi connectivity index (χ2n) is 5.74. The standard InChI is InChI=1S/C20H19FN2O3S/c1-25-17-8-5-14(11-18(17)26-2)20-23-16(12-27-20)19(24)22-10-9-13-3-6-15(21)7-4-13/h3-8,11-12H,9-10H2,1-2H3,(H,22,24). The maximum absolute atomic E-state index is 12.9. The Balaban J connectivity index is 1.62. The number of thiazole rings is 1. The Bertz CT molecular complexity index is 925. The number of nitrogens with zero attached hydrogens (tertiary/aromatic N) is 1. The van der Waals surface area contributed by atoms with E-state index in [0.717, 1.165) is 16.1 Å². The van der Waals surface area contributed by atoms with Gasteiger partial charge in [-0.05, 0) is 42.3 Å². The minimum atomic E-state index is -0.270. The van der Waals surface area contributed by atoms with Gasteiger partial charge in [0.25, 0.3) is 5.91 Å². The lowest BCUT2D eigenvalue weighted by molar-refractivity contribution is 0.0950. The Morgan fingerprint density at radius 2 is 1.85 bits per heavy atom. The van der Waals surface area contributed by atoms with Crippen molar-refractivity contribution >= 4 is 17.2 Å². The molecule has 0 bridgehead atoms. The average Bonchev–Trinajstić information content (AvgIpc) is 3.19. The van der Waals surface area contributed by atoms with Crippen LogP contribution in [-0.2, 0) is 6.42 Å². The zero-order valence-electron chi connectivity index (χ0n) is 15.0. The van der Waals surface area contributed by atoms with E-state index in [2.05, 4.69) is 10.3 Å². The third-order valence-corrected chi connectivity index (χ3v) is 4.87. The monoisotopic (exact) mass is 386 g/mol. The minimum Gasteiger partial charge on any atom is -0.493 e. The van der Waals surface area contributed by atoms with Crippen molar-refractivity contribution in [3.8, 4) is 22.1 Å². The second kappa shape index (κ2) is 8.64. The molecule has 1 amide bonds. The summed E-state index contributed by atoms with van der Waals surface area (Å²) in [6.45, 7) is 0.452. The van der Waals surface area contributed by atoms with E-state index in [4.69, 9.17) is 9.47 Å². The highest BCUT2D eigenvalue weighted by Crippen LogP contribution is 2.33. The fraction of sp³-hybridized carbons (Fsp3) is 0.200. The molecule has 5 nitrogen and oxygen atoms in total. The first-order chi connectivity index (χ1) is 13.1. The maximum atomic E-state index is 12.9. The molecule has 0 aliphatic rings. The molecule has 3 aromatic rings. The molecule has 1 N–H and O–H groups in total. The molecular weight excluding hydrogens is 367 g/mol. The summed E-state index contributed by atoms with van der Waals surface area (Å²) in [5.74, 6) is 0.736. The lowest BCUT2D eigenvalue weighted by Gasteiger charge is -2.08. The molecule has 0 aliphatic heterocycles. The van der Waals surface area contributed by atoms with Crippen LogP contribution in [-0.4, -0.2) is 31.7 Å². The number of carbonyl (C=O) groups excluding carboxylic acids is 1. The Hall–Kier alpha value is -2.93. The van der Waals surface area contributed by atoms with Crippen LogP contribution in [0.25, 0.3) is 10.6 Å². The molecule has 2 aromatic carbocycles. The fourth-order valence-electron chi connectivity index (χ4n) is 2.54. The summed E-state index contributed by atoms with van der Waals surface area (Å²) < 4.78 is 23.4. The number of methoxy groups -OCH3 is 2. The molecule has 0 spiro atoms. The summed E-state index contributed by atoms with van der Waals surface area (Å²) in [5, 5.41) is 5.28. The highest BCUT2D eigenvalue weighted by Gasteiger charge is 2.13. The number of nitrogens with one attached hydrogen (secondary N) is 1. The van der Waals surface area contributed by atoms with E-state index in [0.29, 0.717) is 30.2 Å². The maximum Gasteiger partial charge on any atom is 0.270 e. The number of carbonyl (C=O) groups is 1. The summed E-state index contributed by atoms with van der Waals surface area (Å²) in [7, 11) is 3.15. The van der Waals surface area contributed by atoms with Gasteiger partial charge in [0.05, 0.1) is 14.2 Å². The number of amides is 1. The molecule has 0 atom stereocenters. The predicted octanol–water partition coefficient (Wildman–Crippen LogP) is 3.94. The lowest BCUT2D eigenvalue weighted by Crippen LogP contribution is -2.25. The van der Waals surface area contributed by atoms with E-state index >= 15 is 0 Å². The quantitative estimate of drug-likeness (QED) is 0.668. The van der Waals surface area contributed by atoms with Crippen molar-refractivity contribution in [3.63, 3.8) is 0 Å². The smallest absolute Gasteiger partial charge is 0.270 e. The normalized spacial score (nSPS) is 10.5. The van der Waals surface area contributed by atoms with Crippen LogP contribution >= 0.6 is 11.3 Å². The molecule has 3 rings (SSSR count). The van der Waals surface area contributed by atoms with Gasteiger partial charge >= 0.3 is 0 Å². The number of ether oxygens (including phenoxy) is 2. The van der Waals surface area contributed by atoms with Gasteiger partial charge in [0.15, 0.2) is 11.5 Å². The van der Waals surface area contributed by atoms with Crippen molar-refractivity contribution in [2.45, 2.75) is 6.42 Å². The van der Waals surface area contributed by atoms with Gasteiger partial charge in [-0.3, -0.25) is 4.79 Å². The molecule has 0 aliphatic carbocycles. The van der Waals surface area contributed by atoms with Crippen LogP contribution in [0.5, 0.6) is 11.5 Å². The van der Waals surface area contributed by atoms with Gasteiger partial charge in [0, 0.05) is 17.5 Å². The van der Waals surface area contributed by atoms with Gasteiger partial charge in [-0.1, -0.05) is 12.1 Å². The summed E-state index contributed by atoms with van der Waals surface area (Å²) in [5.41, 5.74) is 2.17. The van der Waals surface area contributed by atoms with Crippen LogP contribution in [0.4, 0.5) is 4.39 Å². The molecule has 1 heterocycles. The van der Waals surface area contributed by atoms with Crippen molar-refractivity contribution in [1.29, 1.82) is 0 Å². The summed E-state index contributed by atoms with van der Waals surface area (Å²) in [6, 6.07) is 11.7. The van der Waals surface area contributed by atoms with Crippen LogP contribution in [0.3, 0.4) is 0 Å². The zero-order chi connectivity index (χ0) is 19.2. The molecule has 140 valence electrons. The Labute approximate surface area is 160 Å². The largest absolute Gasteiger partial charge is 0.493 e. The van der Waals surface area contributed by atoms with Crippen LogP contribution in [0.15, 0.2) is 47.8 Å². The Morgan fingerprint density at radius 1 is 1.11 bits per heavy atom. The SMILES string of the molecule is COc1ccc(-c2nc(C(=O)NCCc3ccc(F)cc3)cs2)cc1OC. The molecule has 0 saturated heterocycles. The van der Waals surface area contributed by atoms with E-state index in [1.54, 1.807) is 37.8 Å². The summed E-state index contributed by atoms with van der Waals surface area (Å²) >= 11 is 1.39. The molecule has 0 fully saturated rings. The highest BCUT2D eigenvalue weighted by molar-refractivity contribution is 7.13. The van der Waals surface area contributed by atoms with E-state index in [1.807, 2.05) is 12.1 Å². The third kappa shape index (κ3) is 4.62. The first-order valence-corrected chi connectivity index (χ1v) is 9.19. The van der Waals surface area contributed by atoms with Gasteiger partial charge in [0.1, 0.15) is 16.5 Å². The van der Waals surface area contributed by atoms with Gasteiger partial charge in [-0.25, -0.2) is 9.37 Å². The number of aromatic nitrogens is 1. The van der Waals surface area contributed by atoms with E-state index < -0.39 is 0 Å². The first kappa shape index (κ1) is 18.8. The summed E-state index contributed by atoms with van der Waals surface area (Å²) in [6.07, 6.45) is 0.624. The zero-order valence-corrected chi connectivity index (χ0v) is 15.8. The van der Waals surface area contributed by atoms with Crippen molar-refractivity contribution in [2.24, 2.45) is 0 Å².